The molecule has 0 fully saturated rings. The van der Waals surface area contributed by atoms with Gasteiger partial charge < -0.3 is 19.9 Å². The Morgan fingerprint density at radius 2 is 2.19 bits per heavy atom. The second-order valence-electron chi connectivity index (χ2n) is 5.86. The summed E-state index contributed by atoms with van der Waals surface area (Å²) in [4.78, 5) is 16.5. The highest BCUT2D eigenvalue weighted by Crippen LogP contribution is 2.20. The van der Waals surface area contributed by atoms with Gasteiger partial charge in [0.2, 0.25) is 0 Å². The molecule has 0 saturated heterocycles. The Bertz CT molecular complexity index is 894. The first-order valence-corrected chi connectivity index (χ1v) is 9.19. The van der Waals surface area contributed by atoms with Crippen LogP contribution in [0.4, 0.5) is 10.5 Å². The fourth-order valence-corrected chi connectivity index (χ4v) is 3.21. The van der Waals surface area contributed by atoms with E-state index in [1.54, 1.807) is 13.3 Å². The minimum absolute atomic E-state index is 0.218. The molecule has 136 valence electrons. The molecule has 0 radical (unpaired) electrons. The molecule has 0 bridgehead atoms. The van der Waals surface area contributed by atoms with Gasteiger partial charge in [0.1, 0.15) is 5.65 Å². The third-order valence-electron chi connectivity index (χ3n) is 4.02. The number of benzene rings is 1. The molecule has 0 aliphatic rings. The number of ether oxygens (including phenoxy) is 1. The molecule has 2 aromatic heterocycles. The van der Waals surface area contributed by atoms with Crippen molar-refractivity contribution in [3.63, 3.8) is 0 Å². The van der Waals surface area contributed by atoms with Gasteiger partial charge in [-0.05, 0) is 42.3 Å². The number of carbonyl (C=O) groups excluding carboxylic acids is 1. The second kappa shape index (κ2) is 8.82. The van der Waals surface area contributed by atoms with Gasteiger partial charge >= 0.3 is 6.03 Å². The molecule has 1 aromatic carbocycles. The number of pyridine rings is 1. The quantitative estimate of drug-likeness (QED) is 0.615. The first-order chi connectivity index (χ1) is 12.7. The lowest BCUT2D eigenvalue weighted by Gasteiger charge is -2.07. The fourth-order valence-electron chi connectivity index (χ4n) is 2.81. The van der Waals surface area contributed by atoms with Crippen LogP contribution in [0.3, 0.4) is 0 Å². The van der Waals surface area contributed by atoms with Crippen molar-refractivity contribution in [3.8, 4) is 0 Å². The number of hydrogen-bond donors (Lipinski definition) is 2. The molecule has 2 N–H and O–H groups in total. The van der Waals surface area contributed by atoms with Crippen molar-refractivity contribution in [1.82, 2.24) is 14.9 Å². The third kappa shape index (κ3) is 4.62. The van der Waals surface area contributed by atoms with Crippen LogP contribution in [0, 0.1) is 0 Å². The molecule has 3 aromatic rings. The molecule has 0 aliphatic heterocycles. The molecule has 0 aliphatic carbocycles. The number of carbonyl (C=O) groups is 1. The number of fused-ring (bicyclic) bond motifs is 1. The van der Waals surface area contributed by atoms with Gasteiger partial charge in [0.05, 0.1) is 6.61 Å². The van der Waals surface area contributed by atoms with E-state index in [-0.39, 0.29) is 6.03 Å². The Kier molecular flexibility index (Phi) is 6.25. The van der Waals surface area contributed by atoms with Crippen LogP contribution >= 0.6 is 15.9 Å². The van der Waals surface area contributed by atoms with Crippen molar-refractivity contribution in [1.29, 1.82) is 0 Å². The van der Waals surface area contributed by atoms with Crippen molar-refractivity contribution in [2.24, 2.45) is 0 Å². The van der Waals surface area contributed by atoms with E-state index < -0.39 is 0 Å². The Labute approximate surface area is 160 Å². The summed E-state index contributed by atoms with van der Waals surface area (Å²) in [5.41, 5.74) is 2.85. The number of nitrogens with zero attached hydrogens (tertiary/aromatic N) is 2. The number of rotatable bonds is 7. The molecule has 0 atom stereocenters. The number of urea groups is 1. The maximum Gasteiger partial charge on any atom is 0.319 e. The van der Waals surface area contributed by atoms with E-state index in [9.17, 15) is 4.79 Å². The molecule has 6 nitrogen and oxygen atoms in total. The average molecular weight is 417 g/mol. The molecule has 7 heteroatoms. The van der Waals surface area contributed by atoms with Crippen LogP contribution in [-0.4, -0.2) is 35.8 Å². The van der Waals surface area contributed by atoms with Crippen molar-refractivity contribution in [2.75, 3.05) is 25.6 Å². The Hall–Kier alpha value is -2.38. The zero-order valence-corrected chi connectivity index (χ0v) is 16.1. The van der Waals surface area contributed by atoms with Crippen LogP contribution in [0.25, 0.3) is 11.0 Å². The van der Waals surface area contributed by atoms with Crippen molar-refractivity contribution in [2.45, 2.75) is 13.0 Å². The van der Waals surface area contributed by atoms with Crippen molar-refractivity contribution in [3.05, 3.63) is 58.8 Å². The fraction of sp³-hybridized carbons (Fsp3) is 0.263. The number of nitrogens with one attached hydrogen (secondary N) is 2. The van der Waals surface area contributed by atoms with Gasteiger partial charge in [-0.25, -0.2) is 9.78 Å². The lowest BCUT2D eigenvalue weighted by molar-refractivity contribution is 0.188. The molecular formula is C19H21BrN4O2. The van der Waals surface area contributed by atoms with Crippen LogP contribution in [0.1, 0.15) is 5.56 Å². The minimum Gasteiger partial charge on any atom is -0.383 e. The Balaban J connectivity index is 1.60. The predicted octanol–water partition coefficient (Wildman–Crippen LogP) is 3.81. The number of amides is 2. The first kappa shape index (κ1) is 18.4. The number of halogens is 1. The highest BCUT2D eigenvalue weighted by Gasteiger charge is 2.09. The monoisotopic (exact) mass is 416 g/mol. The first-order valence-electron chi connectivity index (χ1n) is 8.39. The van der Waals surface area contributed by atoms with E-state index in [1.165, 1.54) is 0 Å². The minimum atomic E-state index is -0.218. The van der Waals surface area contributed by atoms with Gasteiger partial charge in [0, 0.05) is 48.1 Å². The standard InChI is InChI=1S/C19H21BrN4O2/c1-26-11-10-24-13-14(17-6-3-8-21-18(17)24)7-9-22-19(25)23-16-5-2-4-15(20)12-16/h2-6,8,12-13H,7,9-11H2,1H3,(H2,22,23,25). The van der Waals surface area contributed by atoms with Crippen LogP contribution in [0.2, 0.25) is 0 Å². The number of methoxy groups -OCH3 is 1. The third-order valence-corrected chi connectivity index (χ3v) is 4.51. The highest BCUT2D eigenvalue weighted by atomic mass is 79.9. The van der Waals surface area contributed by atoms with Crippen LogP contribution in [-0.2, 0) is 17.7 Å². The van der Waals surface area contributed by atoms with E-state index in [2.05, 4.69) is 48.4 Å². The normalized spacial score (nSPS) is 10.8. The average Bonchev–Trinajstić information content (AvgIpc) is 2.98. The Morgan fingerprint density at radius 1 is 1.31 bits per heavy atom. The highest BCUT2D eigenvalue weighted by molar-refractivity contribution is 9.10. The summed E-state index contributed by atoms with van der Waals surface area (Å²) in [6.45, 7) is 1.92. The maximum absolute atomic E-state index is 12.1. The molecule has 0 spiro atoms. The Morgan fingerprint density at radius 3 is 3.00 bits per heavy atom. The largest absolute Gasteiger partial charge is 0.383 e. The summed E-state index contributed by atoms with van der Waals surface area (Å²) >= 11 is 3.39. The van der Waals surface area contributed by atoms with Crippen LogP contribution < -0.4 is 10.6 Å². The SMILES string of the molecule is COCCn1cc(CCNC(=O)Nc2cccc(Br)c2)c2cccnc21. The van der Waals surface area contributed by atoms with Gasteiger partial charge in [0.15, 0.2) is 0 Å². The summed E-state index contributed by atoms with van der Waals surface area (Å²) < 4.78 is 8.18. The smallest absolute Gasteiger partial charge is 0.319 e. The predicted molar refractivity (Wildman–Crippen MR) is 106 cm³/mol. The number of hydrogen-bond acceptors (Lipinski definition) is 3. The molecule has 0 saturated carbocycles. The number of aromatic nitrogens is 2. The van der Waals surface area contributed by atoms with Gasteiger partial charge in [-0.3, -0.25) is 0 Å². The van der Waals surface area contributed by atoms with Crippen molar-refractivity contribution >= 4 is 38.7 Å². The second-order valence-corrected chi connectivity index (χ2v) is 6.77. The lowest BCUT2D eigenvalue weighted by atomic mass is 10.1. The topological polar surface area (TPSA) is 68.2 Å². The summed E-state index contributed by atoms with van der Waals surface area (Å²) in [7, 11) is 1.69. The molecule has 3 rings (SSSR count). The summed E-state index contributed by atoms with van der Waals surface area (Å²) in [5.74, 6) is 0. The van der Waals surface area contributed by atoms with E-state index in [0.29, 0.717) is 13.2 Å². The van der Waals surface area contributed by atoms with Crippen LogP contribution in [0.5, 0.6) is 0 Å². The zero-order chi connectivity index (χ0) is 18.4. The summed E-state index contributed by atoms with van der Waals surface area (Å²) in [5, 5.41) is 6.83. The van der Waals surface area contributed by atoms with E-state index in [4.69, 9.17) is 4.74 Å². The van der Waals surface area contributed by atoms with Gasteiger partial charge in [-0.15, -0.1) is 0 Å². The molecule has 2 amide bonds. The van der Waals surface area contributed by atoms with Crippen molar-refractivity contribution < 1.29 is 9.53 Å². The summed E-state index contributed by atoms with van der Waals surface area (Å²) in [6.07, 6.45) is 4.61. The lowest BCUT2D eigenvalue weighted by Crippen LogP contribution is -2.30. The van der Waals surface area contributed by atoms with Gasteiger partial charge in [-0.2, -0.15) is 0 Å². The summed E-state index contributed by atoms with van der Waals surface area (Å²) in [6, 6.07) is 11.3. The van der Waals surface area contributed by atoms with E-state index in [1.807, 2.05) is 30.3 Å². The molecule has 26 heavy (non-hydrogen) atoms. The molecule has 0 unspecified atom stereocenters. The van der Waals surface area contributed by atoms with Gasteiger partial charge in [-0.1, -0.05) is 22.0 Å². The van der Waals surface area contributed by atoms with E-state index in [0.717, 1.165) is 39.7 Å². The van der Waals surface area contributed by atoms with Gasteiger partial charge in [0.25, 0.3) is 0 Å². The molecular weight excluding hydrogens is 396 g/mol. The zero-order valence-electron chi connectivity index (χ0n) is 14.5. The number of anilines is 1. The maximum atomic E-state index is 12.1. The molecule has 2 heterocycles. The van der Waals surface area contributed by atoms with Crippen LogP contribution in [0.15, 0.2) is 53.3 Å². The van der Waals surface area contributed by atoms with E-state index >= 15 is 0 Å².